The molecular weight excluding hydrogens is 384 g/mol. The standard InChI is InChI=1S/C18H16N4O5S/c1-11(16-19-14-5-3-2-4-13(14)17(23)20-16)27-18(24)12-6-7-15-21-28(25,26)9-8-22(15)10-12/h2-7,10-11H,8-9H2,1H3,(H,19,20,23). The quantitative estimate of drug-likeness (QED) is 0.764. The van der Waals surface area contributed by atoms with Gasteiger partial charge in [0.25, 0.3) is 15.6 Å². The Kier molecular flexibility index (Phi) is 4.34. The summed E-state index contributed by atoms with van der Waals surface area (Å²) in [7, 11) is -3.46. The first kappa shape index (κ1) is 18.1. The van der Waals surface area contributed by atoms with Gasteiger partial charge in [0, 0.05) is 12.7 Å². The summed E-state index contributed by atoms with van der Waals surface area (Å²) in [6.07, 6.45) is 3.62. The van der Waals surface area contributed by atoms with Crippen molar-refractivity contribution in [2.45, 2.75) is 13.0 Å². The van der Waals surface area contributed by atoms with E-state index in [-0.39, 0.29) is 35.1 Å². The van der Waals surface area contributed by atoms with Crippen molar-refractivity contribution in [3.63, 3.8) is 0 Å². The van der Waals surface area contributed by atoms with Gasteiger partial charge in [0.1, 0.15) is 5.84 Å². The average Bonchev–Trinajstić information content (AvgIpc) is 2.66. The van der Waals surface area contributed by atoms with Crippen molar-refractivity contribution >= 4 is 32.7 Å². The molecule has 10 heteroatoms. The van der Waals surface area contributed by atoms with Crippen LogP contribution in [0.1, 0.15) is 18.9 Å². The fourth-order valence-electron chi connectivity index (χ4n) is 2.90. The zero-order valence-electron chi connectivity index (χ0n) is 14.8. The van der Waals surface area contributed by atoms with Crippen molar-refractivity contribution < 1.29 is 17.9 Å². The topological polar surface area (TPSA) is 122 Å². The largest absolute Gasteiger partial charge is 0.451 e. The summed E-state index contributed by atoms with van der Waals surface area (Å²) >= 11 is 0. The Bertz CT molecular complexity index is 1230. The first-order chi connectivity index (χ1) is 13.3. The van der Waals surface area contributed by atoms with Crippen molar-refractivity contribution in [3.8, 4) is 0 Å². The molecule has 0 amide bonds. The summed E-state index contributed by atoms with van der Waals surface area (Å²) in [4.78, 5) is 33.2. The summed E-state index contributed by atoms with van der Waals surface area (Å²) in [6, 6.07) is 6.88. The summed E-state index contributed by atoms with van der Waals surface area (Å²) in [5, 5.41) is 0.453. The second-order valence-electron chi connectivity index (χ2n) is 6.36. The molecule has 28 heavy (non-hydrogen) atoms. The third-order valence-electron chi connectivity index (χ3n) is 4.36. The van der Waals surface area contributed by atoms with Crippen LogP contribution in [0.5, 0.6) is 0 Å². The second-order valence-corrected chi connectivity index (χ2v) is 8.12. The molecule has 2 aliphatic heterocycles. The van der Waals surface area contributed by atoms with Crippen molar-refractivity contribution in [3.05, 3.63) is 64.4 Å². The van der Waals surface area contributed by atoms with Crippen LogP contribution in [0.15, 0.2) is 57.4 Å². The summed E-state index contributed by atoms with van der Waals surface area (Å²) < 4.78 is 32.2. The number of carbonyl (C=O) groups excluding carboxylic acids is 1. The number of aromatic nitrogens is 2. The molecule has 0 aliphatic carbocycles. The van der Waals surface area contributed by atoms with Crippen molar-refractivity contribution in [2.24, 2.45) is 4.40 Å². The molecule has 1 aromatic heterocycles. The lowest BCUT2D eigenvalue weighted by Crippen LogP contribution is -2.37. The summed E-state index contributed by atoms with van der Waals surface area (Å²) in [5.74, 6) is -0.242. The van der Waals surface area contributed by atoms with E-state index < -0.39 is 22.1 Å². The van der Waals surface area contributed by atoms with Gasteiger partial charge in [-0.3, -0.25) is 4.79 Å². The number of benzene rings is 1. The molecule has 3 heterocycles. The number of amidine groups is 1. The minimum absolute atomic E-state index is 0.123. The van der Waals surface area contributed by atoms with Crippen LogP contribution in [0.4, 0.5) is 0 Å². The van der Waals surface area contributed by atoms with Gasteiger partial charge in [-0.1, -0.05) is 12.1 Å². The van der Waals surface area contributed by atoms with E-state index in [1.165, 1.54) is 18.4 Å². The number of ether oxygens (including phenoxy) is 1. The van der Waals surface area contributed by atoms with Crippen molar-refractivity contribution in [1.82, 2.24) is 14.9 Å². The van der Waals surface area contributed by atoms with Crippen molar-refractivity contribution in [2.75, 3.05) is 12.3 Å². The maximum atomic E-state index is 12.5. The number of nitrogens with zero attached hydrogens (tertiary/aromatic N) is 3. The van der Waals surface area contributed by atoms with E-state index in [0.29, 0.717) is 10.9 Å². The molecule has 144 valence electrons. The number of hydrogen-bond acceptors (Lipinski definition) is 7. The molecule has 1 aromatic carbocycles. The molecule has 2 aromatic rings. The Labute approximate surface area is 160 Å². The Morgan fingerprint density at radius 3 is 2.89 bits per heavy atom. The highest BCUT2D eigenvalue weighted by molar-refractivity contribution is 7.90. The van der Waals surface area contributed by atoms with E-state index in [4.69, 9.17) is 4.74 Å². The fraction of sp³-hybridized carbons (Fsp3) is 0.222. The van der Waals surface area contributed by atoms with Gasteiger partial charge in [-0.2, -0.15) is 0 Å². The van der Waals surface area contributed by atoms with Gasteiger partial charge in [0.05, 0.1) is 22.2 Å². The molecule has 4 rings (SSSR count). The van der Waals surface area contributed by atoms with Gasteiger partial charge in [0.2, 0.25) is 0 Å². The van der Waals surface area contributed by atoms with Gasteiger partial charge in [-0.15, -0.1) is 4.40 Å². The molecule has 0 saturated heterocycles. The Morgan fingerprint density at radius 2 is 2.07 bits per heavy atom. The number of para-hydroxylation sites is 1. The number of rotatable bonds is 3. The monoisotopic (exact) mass is 400 g/mol. The number of aromatic amines is 1. The van der Waals surface area contributed by atoms with Crippen molar-refractivity contribution in [1.29, 1.82) is 0 Å². The van der Waals surface area contributed by atoms with Crippen LogP contribution in [-0.2, 0) is 19.6 Å². The van der Waals surface area contributed by atoms with E-state index in [1.807, 2.05) is 0 Å². The lowest BCUT2D eigenvalue weighted by atomic mass is 10.2. The first-order valence-corrected chi connectivity index (χ1v) is 10.1. The second kappa shape index (κ2) is 6.71. The minimum atomic E-state index is -3.46. The maximum absolute atomic E-state index is 12.5. The lowest BCUT2D eigenvalue weighted by Gasteiger charge is -2.27. The zero-order chi connectivity index (χ0) is 19.9. The Hall–Kier alpha value is -3.27. The van der Waals surface area contributed by atoms with E-state index in [1.54, 1.807) is 36.1 Å². The molecule has 1 unspecified atom stereocenters. The fourth-order valence-corrected chi connectivity index (χ4v) is 3.87. The maximum Gasteiger partial charge on any atom is 0.340 e. The third-order valence-corrected chi connectivity index (χ3v) is 5.52. The van der Waals surface area contributed by atoms with E-state index in [9.17, 15) is 18.0 Å². The van der Waals surface area contributed by atoms with Gasteiger partial charge in [0.15, 0.2) is 11.9 Å². The molecular formula is C18H16N4O5S. The van der Waals surface area contributed by atoms with Crippen LogP contribution in [0.2, 0.25) is 0 Å². The van der Waals surface area contributed by atoms with Gasteiger partial charge < -0.3 is 14.6 Å². The predicted octanol–water partition coefficient (Wildman–Crippen LogP) is 1.02. The molecule has 0 fully saturated rings. The van der Waals surface area contributed by atoms with Gasteiger partial charge in [-0.05, 0) is 31.2 Å². The van der Waals surface area contributed by atoms with Crippen LogP contribution < -0.4 is 5.56 Å². The zero-order valence-corrected chi connectivity index (χ0v) is 15.6. The molecule has 1 atom stereocenters. The van der Waals surface area contributed by atoms with E-state index in [0.717, 1.165) is 0 Å². The number of hydrogen-bond donors (Lipinski definition) is 1. The number of esters is 1. The summed E-state index contributed by atoms with van der Waals surface area (Å²) in [5.41, 5.74) is 0.445. The summed E-state index contributed by atoms with van der Waals surface area (Å²) in [6.45, 7) is 1.82. The number of fused-ring (bicyclic) bond motifs is 2. The lowest BCUT2D eigenvalue weighted by molar-refractivity contribution is -0.143. The predicted molar refractivity (Wildman–Crippen MR) is 102 cm³/mol. The first-order valence-electron chi connectivity index (χ1n) is 8.51. The Balaban J connectivity index is 1.54. The average molecular weight is 400 g/mol. The Morgan fingerprint density at radius 1 is 1.29 bits per heavy atom. The molecule has 9 nitrogen and oxygen atoms in total. The minimum Gasteiger partial charge on any atom is -0.451 e. The highest BCUT2D eigenvalue weighted by Crippen LogP contribution is 2.20. The number of carbonyl (C=O) groups is 1. The van der Waals surface area contributed by atoms with E-state index in [2.05, 4.69) is 14.4 Å². The van der Waals surface area contributed by atoms with Crippen LogP contribution in [0.3, 0.4) is 0 Å². The van der Waals surface area contributed by atoms with Crippen LogP contribution in [0, 0.1) is 0 Å². The normalized spacial score (nSPS) is 18.8. The number of nitrogens with one attached hydrogen (secondary N) is 1. The van der Waals surface area contributed by atoms with Crippen LogP contribution in [-0.4, -0.2) is 47.4 Å². The number of H-pyrrole nitrogens is 1. The molecule has 0 radical (unpaired) electrons. The van der Waals surface area contributed by atoms with E-state index >= 15 is 0 Å². The molecule has 0 bridgehead atoms. The van der Waals surface area contributed by atoms with Gasteiger partial charge >= 0.3 is 5.97 Å². The SMILES string of the molecule is CC(OC(=O)C1=CN2CCS(=O)(=O)N=C2C=C1)c1nc2ccccc2c(=O)[nH]1. The molecule has 2 aliphatic rings. The third kappa shape index (κ3) is 3.46. The highest BCUT2D eigenvalue weighted by atomic mass is 32.2. The van der Waals surface area contributed by atoms with Gasteiger partial charge in [-0.25, -0.2) is 18.2 Å². The highest BCUT2D eigenvalue weighted by Gasteiger charge is 2.26. The smallest absolute Gasteiger partial charge is 0.340 e. The molecule has 0 spiro atoms. The van der Waals surface area contributed by atoms with Crippen LogP contribution >= 0.6 is 0 Å². The number of sulfonamides is 1. The molecule has 0 saturated carbocycles. The molecule has 1 N–H and O–H groups in total. The van der Waals surface area contributed by atoms with Crippen LogP contribution in [0.25, 0.3) is 10.9 Å².